The van der Waals surface area contributed by atoms with Gasteiger partial charge in [0.25, 0.3) is 0 Å². The maximum atomic E-state index is 11.0. The molecule has 0 fully saturated rings. The number of benzene rings is 1. The lowest BCUT2D eigenvalue weighted by Crippen LogP contribution is -2.13. The van der Waals surface area contributed by atoms with Crippen LogP contribution in [0.3, 0.4) is 0 Å². The van der Waals surface area contributed by atoms with Gasteiger partial charge in [0.15, 0.2) is 0 Å². The van der Waals surface area contributed by atoms with E-state index in [0.717, 1.165) is 0 Å². The van der Waals surface area contributed by atoms with Crippen LogP contribution in [-0.4, -0.2) is 8.42 Å². The lowest BCUT2D eigenvalue weighted by atomic mass is 10.4. The van der Waals surface area contributed by atoms with Gasteiger partial charge in [-0.25, -0.2) is 13.6 Å². The Morgan fingerprint density at radius 3 is 1.83 bits per heavy atom. The molecule has 12 heavy (non-hydrogen) atoms. The van der Waals surface area contributed by atoms with E-state index in [-0.39, 0.29) is 4.90 Å². The molecule has 0 aliphatic rings. The van der Waals surface area contributed by atoms with Crippen LogP contribution in [0, 0.1) is 0 Å². The van der Waals surface area contributed by atoms with Gasteiger partial charge in [0.2, 0.25) is 10.0 Å². The summed E-state index contributed by atoms with van der Waals surface area (Å²) in [5.41, 5.74) is 0. The summed E-state index contributed by atoms with van der Waals surface area (Å²) >= 11 is 6.19. The van der Waals surface area contributed by atoms with Crippen molar-refractivity contribution in [3.8, 4) is 0 Å². The summed E-state index contributed by atoms with van der Waals surface area (Å²) in [6.45, 7) is 0. The van der Waals surface area contributed by atoms with E-state index < -0.39 is 10.0 Å². The summed E-state index contributed by atoms with van der Waals surface area (Å²) in [7, 11) is -3.66. The SMILES string of the molecule is NS(=O)(=O)c1c(Br)cccc1Br. The molecule has 0 atom stereocenters. The highest BCUT2D eigenvalue weighted by Gasteiger charge is 2.15. The van der Waals surface area contributed by atoms with E-state index in [9.17, 15) is 8.42 Å². The molecular formula is C6H5Br2NO2S. The van der Waals surface area contributed by atoms with E-state index in [4.69, 9.17) is 5.14 Å². The summed E-state index contributed by atoms with van der Waals surface area (Å²) in [4.78, 5) is 0.0741. The van der Waals surface area contributed by atoms with Crippen LogP contribution in [-0.2, 0) is 10.0 Å². The maximum Gasteiger partial charge on any atom is 0.240 e. The number of halogens is 2. The third-order valence-electron chi connectivity index (χ3n) is 1.20. The van der Waals surface area contributed by atoms with Gasteiger partial charge in [-0.15, -0.1) is 0 Å². The monoisotopic (exact) mass is 313 g/mol. The Bertz CT molecular complexity index is 382. The lowest BCUT2D eigenvalue weighted by Gasteiger charge is -2.02. The zero-order chi connectivity index (χ0) is 9.35. The molecule has 0 spiro atoms. The van der Waals surface area contributed by atoms with Crippen molar-refractivity contribution >= 4 is 41.9 Å². The normalized spacial score (nSPS) is 11.6. The third kappa shape index (κ3) is 2.07. The minimum atomic E-state index is -3.66. The molecule has 1 aromatic rings. The second-order valence-corrected chi connectivity index (χ2v) is 5.30. The second-order valence-electron chi connectivity index (χ2n) is 2.10. The lowest BCUT2D eigenvalue weighted by molar-refractivity contribution is 0.597. The predicted octanol–water partition coefficient (Wildman–Crippen LogP) is 1.86. The van der Waals surface area contributed by atoms with Gasteiger partial charge in [-0.05, 0) is 44.0 Å². The van der Waals surface area contributed by atoms with E-state index in [0.29, 0.717) is 8.95 Å². The van der Waals surface area contributed by atoms with Crippen molar-refractivity contribution in [2.24, 2.45) is 5.14 Å². The molecule has 6 heteroatoms. The average Bonchev–Trinajstić information content (AvgIpc) is 1.82. The smallest absolute Gasteiger partial charge is 0.225 e. The van der Waals surface area contributed by atoms with Crippen LogP contribution in [0.1, 0.15) is 0 Å². The van der Waals surface area contributed by atoms with Gasteiger partial charge >= 0.3 is 0 Å². The molecule has 3 nitrogen and oxygen atoms in total. The van der Waals surface area contributed by atoms with Crippen LogP contribution in [0.2, 0.25) is 0 Å². The van der Waals surface area contributed by atoms with E-state index in [1.54, 1.807) is 18.2 Å². The van der Waals surface area contributed by atoms with E-state index in [1.807, 2.05) is 0 Å². The van der Waals surface area contributed by atoms with Crippen molar-refractivity contribution in [3.63, 3.8) is 0 Å². The van der Waals surface area contributed by atoms with Crippen LogP contribution in [0.5, 0.6) is 0 Å². The Balaban J connectivity index is 3.53. The molecule has 2 N–H and O–H groups in total. The Morgan fingerprint density at radius 2 is 1.58 bits per heavy atom. The first-order chi connectivity index (χ1) is 5.43. The summed E-state index contributed by atoms with van der Waals surface area (Å²) in [5.74, 6) is 0. The molecule has 0 aromatic heterocycles. The van der Waals surface area contributed by atoms with Crippen molar-refractivity contribution < 1.29 is 8.42 Å². The highest BCUT2D eigenvalue weighted by molar-refractivity contribution is 9.11. The van der Waals surface area contributed by atoms with Gasteiger partial charge in [0.05, 0.1) is 0 Å². The zero-order valence-electron chi connectivity index (χ0n) is 5.79. The number of nitrogens with two attached hydrogens (primary N) is 1. The number of rotatable bonds is 1. The fourth-order valence-corrected chi connectivity index (χ4v) is 3.79. The first-order valence-corrected chi connectivity index (χ1v) is 6.03. The van der Waals surface area contributed by atoms with Crippen LogP contribution in [0.15, 0.2) is 32.0 Å². The fourth-order valence-electron chi connectivity index (χ4n) is 0.754. The minimum absolute atomic E-state index is 0.0741. The zero-order valence-corrected chi connectivity index (χ0v) is 9.78. The highest BCUT2D eigenvalue weighted by atomic mass is 79.9. The Morgan fingerprint density at radius 1 is 1.17 bits per heavy atom. The van der Waals surface area contributed by atoms with Gasteiger partial charge in [-0.3, -0.25) is 0 Å². The fraction of sp³-hybridized carbons (Fsp3) is 0. The van der Waals surface area contributed by atoms with Crippen LogP contribution in [0.4, 0.5) is 0 Å². The molecule has 0 radical (unpaired) electrons. The summed E-state index contributed by atoms with van der Waals surface area (Å²) in [5, 5.41) is 4.97. The van der Waals surface area contributed by atoms with Gasteiger partial charge in [-0.1, -0.05) is 6.07 Å². The molecule has 0 heterocycles. The molecule has 0 saturated heterocycles. The van der Waals surface area contributed by atoms with Crippen LogP contribution in [0.25, 0.3) is 0 Å². The molecule has 1 aromatic carbocycles. The van der Waals surface area contributed by atoms with Crippen molar-refractivity contribution in [2.75, 3.05) is 0 Å². The molecule has 0 bridgehead atoms. The van der Waals surface area contributed by atoms with Gasteiger partial charge in [0.1, 0.15) is 4.90 Å². The van der Waals surface area contributed by atoms with Gasteiger partial charge in [-0.2, -0.15) is 0 Å². The topological polar surface area (TPSA) is 60.2 Å². The number of sulfonamides is 1. The molecule has 0 saturated carbocycles. The maximum absolute atomic E-state index is 11.0. The molecule has 0 amide bonds. The van der Waals surface area contributed by atoms with Crippen LogP contribution < -0.4 is 5.14 Å². The summed E-state index contributed by atoms with van der Waals surface area (Å²) in [6.07, 6.45) is 0. The van der Waals surface area contributed by atoms with Crippen molar-refractivity contribution in [1.29, 1.82) is 0 Å². The third-order valence-corrected chi connectivity index (χ3v) is 4.06. The molecule has 0 aliphatic heterocycles. The quantitative estimate of drug-likeness (QED) is 0.860. The molecular weight excluding hydrogens is 310 g/mol. The number of hydrogen-bond acceptors (Lipinski definition) is 2. The molecule has 66 valence electrons. The molecule has 0 aliphatic carbocycles. The highest BCUT2D eigenvalue weighted by Crippen LogP contribution is 2.28. The Kier molecular flexibility index (Phi) is 2.92. The predicted molar refractivity (Wildman–Crippen MR) is 53.2 cm³/mol. The standard InChI is InChI=1S/C6H5Br2NO2S/c7-4-2-1-3-5(8)6(4)12(9,10)11/h1-3H,(H2,9,10,11). The first-order valence-electron chi connectivity index (χ1n) is 2.90. The Hall–Kier alpha value is 0.0900. The van der Waals surface area contributed by atoms with E-state index in [1.165, 1.54) is 0 Å². The first kappa shape index (κ1) is 10.2. The largest absolute Gasteiger partial charge is 0.240 e. The molecule has 0 unspecified atom stereocenters. The van der Waals surface area contributed by atoms with Crippen molar-refractivity contribution in [1.82, 2.24) is 0 Å². The van der Waals surface area contributed by atoms with Gasteiger partial charge in [0, 0.05) is 8.95 Å². The minimum Gasteiger partial charge on any atom is -0.225 e. The van der Waals surface area contributed by atoms with Crippen molar-refractivity contribution in [2.45, 2.75) is 4.90 Å². The Labute approximate surface area is 87.3 Å². The van der Waals surface area contributed by atoms with E-state index in [2.05, 4.69) is 31.9 Å². The van der Waals surface area contributed by atoms with E-state index >= 15 is 0 Å². The summed E-state index contributed by atoms with van der Waals surface area (Å²) < 4.78 is 22.9. The molecule has 1 rings (SSSR count). The second kappa shape index (κ2) is 3.45. The average molecular weight is 315 g/mol. The van der Waals surface area contributed by atoms with Gasteiger partial charge < -0.3 is 0 Å². The summed E-state index contributed by atoms with van der Waals surface area (Å²) in [6, 6.07) is 4.94. The number of primary sulfonamides is 1. The van der Waals surface area contributed by atoms with Crippen molar-refractivity contribution in [3.05, 3.63) is 27.1 Å². The van der Waals surface area contributed by atoms with Crippen LogP contribution >= 0.6 is 31.9 Å². The number of hydrogen-bond donors (Lipinski definition) is 1.